The third-order valence-electron chi connectivity index (χ3n) is 6.26. The molecule has 2 heterocycles. The minimum atomic E-state index is 0.338. The van der Waals surface area contributed by atoms with Crippen LogP contribution in [0.5, 0.6) is 11.5 Å². The number of benzene rings is 1. The number of nitrogens with one attached hydrogen (secondary N) is 2. The molecular formula is C24H41N5O3. The Bertz CT molecular complexity index is 714. The first-order chi connectivity index (χ1) is 15.5. The Morgan fingerprint density at radius 3 is 2.41 bits per heavy atom. The van der Waals surface area contributed by atoms with Gasteiger partial charge < -0.3 is 29.7 Å². The van der Waals surface area contributed by atoms with Gasteiger partial charge in [-0.25, -0.2) is 0 Å². The smallest absolute Gasteiger partial charge is 0.191 e. The van der Waals surface area contributed by atoms with Crippen LogP contribution in [0.15, 0.2) is 23.2 Å². The minimum absolute atomic E-state index is 0.338. The predicted octanol–water partition coefficient (Wildman–Crippen LogP) is 2.19. The fourth-order valence-electron chi connectivity index (χ4n) is 4.54. The summed E-state index contributed by atoms with van der Waals surface area (Å²) in [6.45, 7) is 11.0. The van der Waals surface area contributed by atoms with E-state index < -0.39 is 0 Å². The molecule has 2 aliphatic rings. The quantitative estimate of drug-likeness (QED) is 0.444. The summed E-state index contributed by atoms with van der Waals surface area (Å²) in [7, 11) is 5.22. The van der Waals surface area contributed by atoms with Crippen molar-refractivity contribution in [1.82, 2.24) is 15.5 Å². The first kappa shape index (κ1) is 24.5. The van der Waals surface area contributed by atoms with Crippen molar-refractivity contribution in [3.05, 3.63) is 18.2 Å². The van der Waals surface area contributed by atoms with E-state index in [-0.39, 0.29) is 0 Å². The zero-order chi connectivity index (χ0) is 22.9. The monoisotopic (exact) mass is 447 g/mol. The van der Waals surface area contributed by atoms with Crippen LogP contribution in [0, 0.1) is 5.92 Å². The van der Waals surface area contributed by atoms with E-state index in [1.807, 2.05) is 13.1 Å². The van der Waals surface area contributed by atoms with Gasteiger partial charge in [0.2, 0.25) is 0 Å². The highest BCUT2D eigenvalue weighted by Crippen LogP contribution is 2.30. The second-order valence-corrected chi connectivity index (χ2v) is 9.03. The largest absolute Gasteiger partial charge is 0.497 e. The first-order valence-electron chi connectivity index (χ1n) is 11.8. The molecule has 2 fully saturated rings. The number of rotatable bonds is 9. The SMILES string of the molecule is CN=C(NCC(CC(C)C)N1CCOCC1)NC1CCN(c2cc(OC)cc(OC)c2)C1. The molecule has 0 bridgehead atoms. The molecule has 1 aromatic rings. The fourth-order valence-corrected chi connectivity index (χ4v) is 4.54. The van der Waals surface area contributed by atoms with Gasteiger partial charge in [-0.15, -0.1) is 0 Å². The Balaban J connectivity index is 1.54. The average molecular weight is 448 g/mol. The third kappa shape index (κ3) is 6.90. The zero-order valence-electron chi connectivity index (χ0n) is 20.4. The molecule has 0 aliphatic carbocycles. The van der Waals surface area contributed by atoms with E-state index in [9.17, 15) is 0 Å². The van der Waals surface area contributed by atoms with Gasteiger partial charge in [-0.1, -0.05) is 13.8 Å². The second-order valence-electron chi connectivity index (χ2n) is 9.03. The summed E-state index contributed by atoms with van der Waals surface area (Å²) in [5, 5.41) is 7.21. The van der Waals surface area contributed by atoms with Gasteiger partial charge in [0.25, 0.3) is 0 Å². The molecule has 0 amide bonds. The van der Waals surface area contributed by atoms with Crippen LogP contribution in [0.2, 0.25) is 0 Å². The number of morpholine rings is 1. The molecule has 8 nitrogen and oxygen atoms in total. The van der Waals surface area contributed by atoms with Crippen molar-refractivity contribution in [3.63, 3.8) is 0 Å². The van der Waals surface area contributed by atoms with Crippen molar-refractivity contribution in [2.75, 3.05) is 72.1 Å². The maximum absolute atomic E-state index is 5.55. The van der Waals surface area contributed by atoms with Gasteiger partial charge in [-0.3, -0.25) is 9.89 Å². The predicted molar refractivity (Wildman–Crippen MR) is 130 cm³/mol. The molecule has 2 unspecified atom stereocenters. The van der Waals surface area contributed by atoms with Crippen LogP contribution in [0.25, 0.3) is 0 Å². The maximum Gasteiger partial charge on any atom is 0.191 e. The van der Waals surface area contributed by atoms with Crippen molar-refractivity contribution >= 4 is 11.6 Å². The Kier molecular flexibility index (Phi) is 9.29. The van der Waals surface area contributed by atoms with E-state index in [2.05, 4.69) is 51.4 Å². The number of hydrogen-bond acceptors (Lipinski definition) is 6. The Morgan fingerprint density at radius 2 is 1.81 bits per heavy atom. The van der Waals surface area contributed by atoms with Crippen LogP contribution >= 0.6 is 0 Å². The second kappa shape index (κ2) is 12.2. The van der Waals surface area contributed by atoms with Crippen LogP contribution < -0.4 is 25.0 Å². The number of guanidine groups is 1. The molecule has 2 N–H and O–H groups in total. The van der Waals surface area contributed by atoms with E-state index >= 15 is 0 Å². The summed E-state index contributed by atoms with van der Waals surface area (Å²) in [6, 6.07) is 6.86. The van der Waals surface area contributed by atoms with Gasteiger partial charge in [0.1, 0.15) is 11.5 Å². The van der Waals surface area contributed by atoms with Gasteiger partial charge >= 0.3 is 0 Å². The molecule has 2 saturated heterocycles. The number of aliphatic imine (C=N–C) groups is 1. The van der Waals surface area contributed by atoms with Crippen molar-refractivity contribution in [2.45, 2.75) is 38.8 Å². The Hall–Kier alpha value is -2.19. The highest BCUT2D eigenvalue weighted by atomic mass is 16.5. The molecule has 3 rings (SSSR count). The molecule has 0 aromatic heterocycles. The lowest BCUT2D eigenvalue weighted by Crippen LogP contribution is -2.52. The van der Waals surface area contributed by atoms with Gasteiger partial charge in [0, 0.05) is 75.7 Å². The molecule has 0 radical (unpaired) electrons. The summed E-state index contributed by atoms with van der Waals surface area (Å²) in [4.78, 5) is 9.41. The van der Waals surface area contributed by atoms with Crippen LogP contribution in [0.1, 0.15) is 26.7 Å². The van der Waals surface area contributed by atoms with Crippen molar-refractivity contribution in [3.8, 4) is 11.5 Å². The molecule has 180 valence electrons. The highest BCUT2D eigenvalue weighted by molar-refractivity contribution is 5.80. The highest BCUT2D eigenvalue weighted by Gasteiger charge is 2.26. The first-order valence-corrected chi connectivity index (χ1v) is 11.8. The van der Waals surface area contributed by atoms with Gasteiger partial charge in [-0.05, 0) is 18.8 Å². The Morgan fingerprint density at radius 1 is 1.12 bits per heavy atom. The van der Waals surface area contributed by atoms with E-state index in [1.165, 1.54) is 6.42 Å². The topological polar surface area (TPSA) is 70.6 Å². The van der Waals surface area contributed by atoms with E-state index in [0.717, 1.165) is 75.5 Å². The maximum atomic E-state index is 5.55. The van der Waals surface area contributed by atoms with E-state index in [0.29, 0.717) is 18.0 Å². The number of nitrogens with zero attached hydrogens (tertiary/aromatic N) is 3. The van der Waals surface area contributed by atoms with Crippen LogP contribution in [0.4, 0.5) is 5.69 Å². The average Bonchev–Trinajstić information content (AvgIpc) is 3.29. The minimum Gasteiger partial charge on any atom is -0.497 e. The van der Waals surface area contributed by atoms with Crippen molar-refractivity contribution in [2.24, 2.45) is 10.9 Å². The normalized spacial score (nSPS) is 21.0. The molecule has 2 aliphatic heterocycles. The lowest BCUT2D eigenvalue weighted by atomic mass is 10.0. The molecule has 8 heteroatoms. The van der Waals surface area contributed by atoms with Gasteiger partial charge in [0.05, 0.1) is 27.4 Å². The lowest BCUT2D eigenvalue weighted by Gasteiger charge is -2.36. The number of anilines is 1. The summed E-state index contributed by atoms with van der Waals surface area (Å²) in [5.74, 6) is 3.16. The number of ether oxygens (including phenoxy) is 3. The fraction of sp³-hybridized carbons (Fsp3) is 0.708. The molecule has 32 heavy (non-hydrogen) atoms. The summed E-state index contributed by atoms with van der Waals surface area (Å²) >= 11 is 0. The standard InChI is InChI=1S/C24H41N5O3/c1-18(2)12-21(28-8-10-32-11-9-28)16-26-24(25-3)27-19-6-7-29(17-19)20-13-22(30-4)15-23(14-20)31-5/h13-15,18-19,21H,6-12,16-17H2,1-5H3,(H2,25,26,27). The van der Waals surface area contributed by atoms with E-state index in [4.69, 9.17) is 14.2 Å². The zero-order valence-corrected chi connectivity index (χ0v) is 20.4. The van der Waals surface area contributed by atoms with Crippen molar-refractivity contribution < 1.29 is 14.2 Å². The molecule has 1 aromatic carbocycles. The molecular weight excluding hydrogens is 406 g/mol. The lowest BCUT2D eigenvalue weighted by molar-refractivity contribution is 0.0132. The Labute approximate surface area is 193 Å². The summed E-state index contributed by atoms with van der Waals surface area (Å²) in [6.07, 6.45) is 2.22. The van der Waals surface area contributed by atoms with Crippen molar-refractivity contribution in [1.29, 1.82) is 0 Å². The number of hydrogen-bond donors (Lipinski definition) is 2. The molecule has 2 atom stereocenters. The van der Waals surface area contributed by atoms with Gasteiger partial charge in [0.15, 0.2) is 5.96 Å². The van der Waals surface area contributed by atoms with Crippen LogP contribution in [0.3, 0.4) is 0 Å². The summed E-state index contributed by atoms with van der Waals surface area (Å²) in [5.41, 5.74) is 1.12. The summed E-state index contributed by atoms with van der Waals surface area (Å²) < 4.78 is 16.4. The third-order valence-corrected chi connectivity index (χ3v) is 6.26. The molecule has 0 saturated carbocycles. The van der Waals surface area contributed by atoms with Gasteiger partial charge in [-0.2, -0.15) is 0 Å². The molecule has 0 spiro atoms. The number of methoxy groups -OCH3 is 2. The van der Waals surface area contributed by atoms with E-state index in [1.54, 1.807) is 14.2 Å². The van der Waals surface area contributed by atoms with Crippen LogP contribution in [-0.4, -0.2) is 90.1 Å². The van der Waals surface area contributed by atoms with Crippen LogP contribution in [-0.2, 0) is 4.74 Å².